The van der Waals surface area contributed by atoms with E-state index >= 15 is 0 Å². The standard InChI is InChI=1S/C16H18FN3O3S/c17-12-3-1-11(2-4-12)14(21)15(22)18-9-13-10-24-16(19-13)20-5-7-23-8-6-20/h1-4,10,14,21H,5-9H2,(H,18,22)/t14-/m0/s1. The third kappa shape index (κ3) is 4.08. The Morgan fingerprint density at radius 3 is 2.79 bits per heavy atom. The van der Waals surface area contributed by atoms with Crippen molar-refractivity contribution in [2.24, 2.45) is 0 Å². The molecule has 0 radical (unpaired) electrons. The molecule has 0 unspecified atom stereocenters. The van der Waals surface area contributed by atoms with E-state index in [0.29, 0.717) is 18.8 Å². The van der Waals surface area contributed by atoms with Crippen molar-refractivity contribution in [2.45, 2.75) is 12.6 Å². The fraction of sp³-hybridized carbons (Fsp3) is 0.375. The van der Waals surface area contributed by atoms with E-state index in [4.69, 9.17) is 4.74 Å². The van der Waals surface area contributed by atoms with Gasteiger partial charge >= 0.3 is 0 Å². The second-order valence-electron chi connectivity index (χ2n) is 5.39. The van der Waals surface area contributed by atoms with Crippen LogP contribution >= 0.6 is 11.3 Å². The maximum absolute atomic E-state index is 12.9. The number of rotatable bonds is 5. The minimum atomic E-state index is -1.33. The number of anilines is 1. The molecule has 6 nitrogen and oxygen atoms in total. The highest BCUT2D eigenvalue weighted by atomic mass is 32.1. The molecule has 128 valence electrons. The van der Waals surface area contributed by atoms with Crippen LogP contribution in [0.2, 0.25) is 0 Å². The van der Waals surface area contributed by atoms with E-state index in [1.54, 1.807) is 0 Å². The van der Waals surface area contributed by atoms with E-state index in [-0.39, 0.29) is 6.54 Å². The molecule has 1 amide bonds. The maximum atomic E-state index is 12.9. The Morgan fingerprint density at radius 2 is 2.08 bits per heavy atom. The smallest absolute Gasteiger partial charge is 0.253 e. The lowest BCUT2D eigenvalue weighted by atomic mass is 10.1. The molecule has 1 saturated heterocycles. The SMILES string of the molecule is O=C(NCc1csc(N2CCOCC2)n1)[C@@H](O)c1ccc(F)cc1. The van der Waals surface area contributed by atoms with Gasteiger partial charge in [-0.3, -0.25) is 4.79 Å². The van der Waals surface area contributed by atoms with Crippen molar-refractivity contribution in [2.75, 3.05) is 31.2 Å². The van der Waals surface area contributed by atoms with Gasteiger partial charge in [-0.15, -0.1) is 11.3 Å². The quantitative estimate of drug-likeness (QED) is 0.853. The number of thiazole rings is 1. The molecular formula is C16H18FN3O3S. The number of amides is 1. The van der Waals surface area contributed by atoms with Crippen LogP contribution < -0.4 is 10.2 Å². The Morgan fingerprint density at radius 1 is 1.38 bits per heavy atom. The van der Waals surface area contributed by atoms with Gasteiger partial charge in [0.05, 0.1) is 25.5 Å². The predicted octanol–water partition coefficient (Wildman–Crippen LogP) is 1.47. The normalized spacial score (nSPS) is 16.0. The molecule has 1 aromatic carbocycles. The molecule has 8 heteroatoms. The van der Waals surface area contributed by atoms with Crippen LogP contribution in [0.25, 0.3) is 0 Å². The minimum Gasteiger partial charge on any atom is -0.378 e. The summed E-state index contributed by atoms with van der Waals surface area (Å²) in [7, 11) is 0. The average molecular weight is 351 g/mol. The van der Waals surface area contributed by atoms with Crippen molar-refractivity contribution >= 4 is 22.4 Å². The van der Waals surface area contributed by atoms with E-state index in [1.807, 2.05) is 5.38 Å². The molecule has 1 aromatic heterocycles. The van der Waals surface area contributed by atoms with Crippen LogP contribution in [-0.2, 0) is 16.1 Å². The highest BCUT2D eigenvalue weighted by molar-refractivity contribution is 7.13. The van der Waals surface area contributed by atoms with Crippen molar-refractivity contribution < 1.29 is 19.0 Å². The molecule has 0 aliphatic carbocycles. The number of carbonyl (C=O) groups is 1. The Bertz CT molecular complexity index is 686. The second-order valence-corrected chi connectivity index (χ2v) is 6.23. The Balaban J connectivity index is 1.54. The van der Waals surface area contributed by atoms with Crippen molar-refractivity contribution in [3.63, 3.8) is 0 Å². The first-order chi connectivity index (χ1) is 11.6. The number of halogens is 1. The van der Waals surface area contributed by atoms with E-state index < -0.39 is 17.8 Å². The van der Waals surface area contributed by atoms with Crippen molar-refractivity contribution in [1.82, 2.24) is 10.3 Å². The predicted molar refractivity (Wildman–Crippen MR) is 88.4 cm³/mol. The summed E-state index contributed by atoms with van der Waals surface area (Å²) in [6.07, 6.45) is -1.33. The van der Waals surface area contributed by atoms with E-state index in [0.717, 1.165) is 23.9 Å². The molecule has 3 rings (SSSR count). The van der Waals surface area contributed by atoms with Gasteiger partial charge < -0.3 is 20.1 Å². The molecule has 0 saturated carbocycles. The van der Waals surface area contributed by atoms with E-state index in [9.17, 15) is 14.3 Å². The highest BCUT2D eigenvalue weighted by Gasteiger charge is 2.18. The summed E-state index contributed by atoms with van der Waals surface area (Å²) in [5, 5.41) is 15.4. The number of aromatic nitrogens is 1. The fourth-order valence-corrected chi connectivity index (χ4v) is 3.23. The van der Waals surface area contributed by atoms with Crippen LogP contribution in [0.4, 0.5) is 9.52 Å². The Kier molecular flexibility index (Phi) is 5.39. The number of aliphatic hydroxyl groups is 1. The van der Waals surface area contributed by atoms with Crippen molar-refractivity contribution in [3.8, 4) is 0 Å². The monoisotopic (exact) mass is 351 g/mol. The molecule has 2 aromatic rings. The van der Waals surface area contributed by atoms with Gasteiger partial charge in [-0.25, -0.2) is 9.37 Å². The lowest BCUT2D eigenvalue weighted by Gasteiger charge is -2.26. The largest absolute Gasteiger partial charge is 0.378 e. The number of benzene rings is 1. The van der Waals surface area contributed by atoms with Gasteiger partial charge in [0.15, 0.2) is 11.2 Å². The summed E-state index contributed by atoms with van der Waals surface area (Å²) in [6, 6.07) is 5.19. The average Bonchev–Trinajstić information content (AvgIpc) is 3.09. The van der Waals surface area contributed by atoms with Gasteiger partial charge in [-0.2, -0.15) is 0 Å². The first kappa shape index (κ1) is 16.8. The summed E-state index contributed by atoms with van der Waals surface area (Å²) >= 11 is 1.52. The first-order valence-electron chi connectivity index (χ1n) is 7.62. The zero-order chi connectivity index (χ0) is 16.9. The number of hydrogen-bond donors (Lipinski definition) is 2. The number of aliphatic hydroxyl groups excluding tert-OH is 1. The highest BCUT2D eigenvalue weighted by Crippen LogP contribution is 2.21. The molecule has 1 atom stereocenters. The molecule has 1 aliphatic heterocycles. The lowest BCUT2D eigenvalue weighted by molar-refractivity contribution is -0.129. The number of ether oxygens (including phenoxy) is 1. The van der Waals surface area contributed by atoms with Crippen LogP contribution in [0, 0.1) is 5.82 Å². The van der Waals surface area contributed by atoms with Crippen LogP contribution in [-0.4, -0.2) is 42.3 Å². The molecule has 24 heavy (non-hydrogen) atoms. The van der Waals surface area contributed by atoms with E-state index in [2.05, 4.69) is 15.2 Å². The maximum Gasteiger partial charge on any atom is 0.253 e. The molecule has 0 spiro atoms. The van der Waals surface area contributed by atoms with Crippen LogP contribution in [0.3, 0.4) is 0 Å². The second kappa shape index (κ2) is 7.69. The topological polar surface area (TPSA) is 74.7 Å². The zero-order valence-electron chi connectivity index (χ0n) is 12.9. The number of nitrogens with one attached hydrogen (secondary N) is 1. The molecule has 1 fully saturated rings. The molecular weight excluding hydrogens is 333 g/mol. The summed E-state index contributed by atoms with van der Waals surface area (Å²) in [6.45, 7) is 3.23. The Hall–Kier alpha value is -2.03. The van der Waals surface area contributed by atoms with Crippen molar-refractivity contribution in [3.05, 3.63) is 46.7 Å². The molecule has 1 aliphatic rings. The van der Waals surface area contributed by atoms with Gasteiger partial charge in [0.25, 0.3) is 5.91 Å². The van der Waals surface area contributed by atoms with Gasteiger partial charge in [-0.1, -0.05) is 12.1 Å². The summed E-state index contributed by atoms with van der Waals surface area (Å²) < 4.78 is 18.2. The molecule has 2 heterocycles. The fourth-order valence-electron chi connectivity index (χ4n) is 2.35. The third-order valence-electron chi connectivity index (χ3n) is 3.70. The lowest BCUT2D eigenvalue weighted by Crippen LogP contribution is -2.36. The number of morpholine rings is 1. The van der Waals surface area contributed by atoms with Crippen molar-refractivity contribution in [1.29, 1.82) is 0 Å². The number of carbonyl (C=O) groups excluding carboxylic acids is 1. The molecule has 2 N–H and O–H groups in total. The number of nitrogens with zero attached hydrogens (tertiary/aromatic N) is 2. The number of hydrogen-bond acceptors (Lipinski definition) is 6. The van der Waals surface area contributed by atoms with E-state index in [1.165, 1.54) is 35.6 Å². The van der Waals surface area contributed by atoms with Gasteiger partial charge in [0.1, 0.15) is 5.82 Å². The van der Waals surface area contributed by atoms with Crippen LogP contribution in [0.15, 0.2) is 29.6 Å². The minimum absolute atomic E-state index is 0.234. The van der Waals surface area contributed by atoms with Crippen LogP contribution in [0.5, 0.6) is 0 Å². The summed E-state index contributed by atoms with van der Waals surface area (Å²) in [5.41, 5.74) is 1.09. The molecule has 0 bridgehead atoms. The van der Waals surface area contributed by atoms with Gasteiger partial charge in [0, 0.05) is 18.5 Å². The summed E-state index contributed by atoms with van der Waals surface area (Å²) in [5.74, 6) is -0.952. The van der Waals surface area contributed by atoms with Crippen LogP contribution in [0.1, 0.15) is 17.4 Å². The Labute approximate surface area is 142 Å². The third-order valence-corrected chi connectivity index (χ3v) is 4.65. The van der Waals surface area contributed by atoms with Gasteiger partial charge in [-0.05, 0) is 17.7 Å². The van der Waals surface area contributed by atoms with Gasteiger partial charge in [0.2, 0.25) is 0 Å². The first-order valence-corrected chi connectivity index (χ1v) is 8.50. The zero-order valence-corrected chi connectivity index (χ0v) is 13.8. The summed E-state index contributed by atoms with van der Waals surface area (Å²) in [4.78, 5) is 18.6.